The third kappa shape index (κ3) is 4.25. The Morgan fingerprint density at radius 3 is 2.48 bits per heavy atom. The number of carbonyl (C=O) groups excluding carboxylic acids is 2. The third-order valence-corrected chi connectivity index (χ3v) is 2.84. The zero-order valence-corrected chi connectivity index (χ0v) is 12.0. The fourth-order valence-electron chi connectivity index (χ4n) is 1.63. The minimum atomic E-state index is -0.401. The van der Waals surface area contributed by atoms with E-state index in [4.69, 9.17) is 11.6 Å². The van der Waals surface area contributed by atoms with Crippen molar-refractivity contribution in [2.45, 2.75) is 0 Å². The van der Waals surface area contributed by atoms with Crippen molar-refractivity contribution < 1.29 is 9.59 Å². The molecule has 0 saturated carbocycles. The summed E-state index contributed by atoms with van der Waals surface area (Å²) in [5.41, 5.74) is 0.809. The number of halogens is 1. The lowest BCUT2D eigenvalue weighted by Gasteiger charge is -2.16. The van der Waals surface area contributed by atoms with Crippen molar-refractivity contribution in [2.24, 2.45) is 0 Å². The summed E-state index contributed by atoms with van der Waals surface area (Å²) in [6.45, 7) is -0.0853. The number of rotatable bonds is 4. The first-order valence-corrected chi connectivity index (χ1v) is 6.53. The van der Waals surface area contributed by atoms with Crippen LogP contribution in [0.25, 0.3) is 0 Å². The van der Waals surface area contributed by atoms with Crippen LogP contribution in [0, 0.1) is 0 Å². The molecular weight excluding hydrogens is 292 g/mol. The van der Waals surface area contributed by atoms with E-state index in [1.54, 1.807) is 12.1 Å². The molecule has 0 bridgehead atoms. The van der Waals surface area contributed by atoms with Crippen LogP contribution in [0.2, 0.25) is 5.15 Å². The largest absolute Gasteiger partial charge is 0.331 e. The highest BCUT2D eigenvalue weighted by molar-refractivity contribution is 6.29. The Balaban J connectivity index is 1.94. The Labute approximate surface area is 126 Å². The summed E-state index contributed by atoms with van der Waals surface area (Å²) in [6, 6.07) is 11.9. The summed E-state index contributed by atoms with van der Waals surface area (Å²) in [5, 5.41) is 10.2. The molecular formula is C14H13ClN4O2. The summed E-state index contributed by atoms with van der Waals surface area (Å²) in [6.07, 6.45) is 0. The molecule has 0 radical (unpaired) electrons. The van der Waals surface area contributed by atoms with E-state index in [0.717, 1.165) is 0 Å². The maximum Gasteiger partial charge on any atom is 0.274 e. The topological polar surface area (TPSA) is 75.2 Å². The molecule has 0 aliphatic heterocycles. The van der Waals surface area contributed by atoms with Crippen molar-refractivity contribution in [1.82, 2.24) is 15.1 Å². The Morgan fingerprint density at radius 1 is 1.14 bits per heavy atom. The molecule has 7 heteroatoms. The number of hydrogen-bond donors (Lipinski definition) is 1. The standard InChI is InChI=1S/C14H13ClN4O2/c1-19(14(21)11-7-8-12(15)18-17-11)9-13(20)16-10-5-3-2-4-6-10/h2-8H,9H2,1H3,(H,16,20). The van der Waals surface area contributed by atoms with Gasteiger partial charge in [0.05, 0.1) is 6.54 Å². The zero-order valence-electron chi connectivity index (χ0n) is 11.3. The van der Waals surface area contributed by atoms with E-state index < -0.39 is 5.91 Å². The van der Waals surface area contributed by atoms with Crippen LogP contribution in [0.3, 0.4) is 0 Å². The number of anilines is 1. The van der Waals surface area contributed by atoms with Gasteiger partial charge in [0.25, 0.3) is 5.91 Å². The Hall–Kier alpha value is -2.47. The number of hydrogen-bond acceptors (Lipinski definition) is 4. The SMILES string of the molecule is CN(CC(=O)Nc1ccccc1)C(=O)c1ccc(Cl)nn1. The Kier molecular flexibility index (Phi) is 4.84. The van der Waals surface area contributed by atoms with Crippen molar-refractivity contribution in [2.75, 3.05) is 18.9 Å². The van der Waals surface area contributed by atoms with E-state index in [2.05, 4.69) is 15.5 Å². The average Bonchev–Trinajstić information content (AvgIpc) is 2.48. The average molecular weight is 305 g/mol. The molecule has 2 rings (SSSR count). The van der Waals surface area contributed by atoms with Gasteiger partial charge in [0, 0.05) is 12.7 Å². The zero-order chi connectivity index (χ0) is 15.2. The maximum atomic E-state index is 12.0. The molecule has 6 nitrogen and oxygen atoms in total. The Bertz CT molecular complexity index is 631. The summed E-state index contributed by atoms with van der Waals surface area (Å²) in [5.74, 6) is -0.693. The second-order valence-corrected chi connectivity index (χ2v) is 4.70. The fourth-order valence-corrected chi connectivity index (χ4v) is 1.74. The van der Waals surface area contributed by atoms with Gasteiger partial charge in [0.2, 0.25) is 5.91 Å². The first-order valence-electron chi connectivity index (χ1n) is 6.16. The van der Waals surface area contributed by atoms with Crippen molar-refractivity contribution >= 4 is 29.1 Å². The number of aromatic nitrogens is 2. The minimum Gasteiger partial charge on any atom is -0.331 e. The smallest absolute Gasteiger partial charge is 0.274 e. The van der Waals surface area contributed by atoms with Crippen LogP contribution in [-0.4, -0.2) is 40.5 Å². The number of carbonyl (C=O) groups is 2. The number of benzene rings is 1. The summed E-state index contributed by atoms with van der Waals surface area (Å²) >= 11 is 5.61. The minimum absolute atomic E-state index is 0.0853. The number of nitrogens with one attached hydrogen (secondary N) is 1. The number of nitrogens with zero attached hydrogens (tertiary/aromatic N) is 3. The van der Waals surface area contributed by atoms with Crippen LogP contribution >= 0.6 is 11.6 Å². The molecule has 0 spiro atoms. The lowest BCUT2D eigenvalue weighted by Crippen LogP contribution is -2.35. The summed E-state index contributed by atoms with van der Waals surface area (Å²) in [7, 11) is 1.52. The van der Waals surface area contributed by atoms with Crippen LogP contribution in [-0.2, 0) is 4.79 Å². The van der Waals surface area contributed by atoms with Gasteiger partial charge in [0.15, 0.2) is 10.8 Å². The van der Waals surface area contributed by atoms with Gasteiger partial charge in [-0.15, -0.1) is 10.2 Å². The molecule has 1 heterocycles. The van der Waals surface area contributed by atoms with Gasteiger partial charge in [-0.3, -0.25) is 9.59 Å². The van der Waals surface area contributed by atoms with Crippen LogP contribution < -0.4 is 5.32 Å². The number of likely N-dealkylation sites (N-methyl/N-ethyl adjacent to an activating group) is 1. The van der Waals surface area contributed by atoms with Gasteiger partial charge in [0.1, 0.15) is 0 Å². The molecule has 0 aliphatic carbocycles. The van der Waals surface area contributed by atoms with E-state index >= 15 is 0 Å². The second-order valence-electron chi connectivity index (χ2n) is 4.32. The van der Waals surface area contributed by atoms with Gasteiger partial charge in [-0.25, -0.2) is 0 Å². The first-order chi connectivity index (χ1) is 10.1. The Morgan fingerprint density at radius 2 is 1.86 bits per heavy atom. The number of amides is 2. The summed E-state index contributed by atoms with van der Waals surface area (Å²) in [4.78, 5) is 25.2. The lowest BCUT2D eigenvalue weighted by molar-refractivity contribution is -0.116. The van der Waals surface area contributed by atoms with Crippen molar-refractivity contribution in [3.05, 3.63) is 53.3 Å². The second kappa shape index (κ2) is 6.81. The highest BCUT2D eigenvalue weighted by Crippen LogP contribution is 2.06. The van der Waals surface area contributed by atoms with E-state index in [1.165, 1.54) is 24.1 Å². The number of para-hydroxylation sites is 1. The van der Waals surface area contributed by atoms with Crippen LogP contribution in [0.15, 0.2) is 42.5 Å². The highest BCUT2D eigenvalue weighted by atomic mass is 35.5. The summed E-state index contributed by atoms with van der Waals surface area (Å²) < 4.78 is 0. The van der Waals surface area contributed by atoms with Crippen molar-refractivity contribution in [3.8, 4) is 0 Å². The first kappa shape index (κ1) is 14.9. The lowest BCUT2D eigenvalue weighted by atomic mass is 10.3. The molecule has 1 aromatic carbocycles. The molecule has 1 aromatic heterocycles. The van der Waals surface area contributed by atoms with Gasteiger partial charge in [-0.2, -0.15) is 0 Å². The molecule has 0 fully saturated rings. The quantitative estimate of drug-likeness (QED) is 0.935. The van der Waals surface area contributed by atoms with Crippen LogP contribution in [0.1, 0.15) is 10.5 Å². The molecule has 1 N–H and O–H groups in total. The van der Waals surface area contributed by atoms with Crippen LogP contribution in [0.5, 0.6) is 0 Å². The molecule has 0 unspecified atom stereocenters. The molecule has 21 heavy (non-hydrogen) atoms. The maximum absolute atomic E-state index is 12.0. The van der Waals surface area contributed by atoms with E-state index in [9.17, 15) is 9.59 Å². The van der Waals surface area contributed by atoms with Crippen molar-refractivity contribution in [3.63, 3.8) is 0 Å². The van der Waals surface area contributed by atoms with E-state index in [0.29, 0.717) is 5.69 Å². The fraction of sp³-hybridized carbons (Fsp3) is 0.143. The molecule has 0 aliphatic rings. The van der Waals surface area contributed by atoms with Crippen LogP contribution in [0.4, 0.5) is 5.69 Å². The molecule has 2 aromatic rings. The predicted octanol–water partition coefficient (Wildman–Crippen LogP) is 1.84. The predicted molar refractivity (Wildman–Crippen MR) is 79.1 cm³/mol. The molecule has 2 amide bonds. The van der Waals surface area contributed by atoms with E-state index in [-0.39, 0.29) is 23.3 Å². The molecule has 108 valence electrons. The monoisotopic (exact) mass is 304 g/mol. The third-order valence-electron chi connectivity index (χ3n) is 2.64. The molecule has 0 saturated heterocycles. The van der Waals surface area contributed by atoms with Gasteiger partial charge in [-0.1, -0.05) is 29.8 Å². The normalized spacial score (nSPS) is 10.0. The van der Waals surface area contributed by atoms with E-state index in [1.807, 2.05) is 18.2 Å². The van der Waals surface area contributed by atoms with Gasteiger partial charge in [-0.05, 0) is 24.3 Å². The van der Waals surface area contributed by atoms with Crippen molar-refractivity contribution in [1.29, 1.82) is 0 Å². The molecule has 0 atom stereocenters. The highest BCUT2D eigenvalue weighted by Gasteiger charge is 2.16. The van der Waals surface area contributed by atoms with Gasteiger partial charge >= 0.3 is 0 Å². The van der Waals surface area contributed by atoms with Gasteiger partial charge < -0.3 is 10.2 Å².